The van der Waals surface area contributed by atoms with Gasteiger partial charge in [-0.15, -0.1) is 11.8 Å². The molecule has 0 saturated carbocycles. The molecular weight excluding hydrogens is 368 g/mol. The van der Waals surface area contributed by atoms with E-state index in [1.54, 1.807) is 24.3 Å². The van der Waals surface area contributed by atoms with E-state index in [1.165, 1.54) is 17.3 Å². The van der Waals surface area contributed by atoms with Crippen LogP contribution < -0.4 is 10.6 Å². The smallest absolute Gasteiger partial charge is 0.253 e. The summed E-state index contributed by atoms with van der Waals surface area (Å²) in [7, 11) is 0. The van der Waals surface area contributed by atoms with Gasteiger partial charge < -0.3 is 10.6 Å². The van der Waals surface area contributed by atoms with Crippen LogP contribution in [0.15, 0.2) is 83.8 Å². The average Bonchev–Trinajstić information content (AvgIpc) is 2.73. The number of hydrogen-bond donors (Lipinski definition) is 2. The van der Waals surface area contributed by atoms with E-state index in [0.29, 0.717) is 17.8 Å². The van der Waals surface area contributed by atoms with Crippen LogP contribution in [0.2, 0.25) is 0 Å². The van der Waals surface area contributed by atoms with E-state index in [2.05, 4.69) is 10.6 Å². The minimum Gasteiger partial charge on any atom is -0.348 e. The van der Waals surface area contributed by atoms with Crippen LogP contribution in [0.4, 0.5) is 5.69 Å². The van der Waals surface area contributed by atoms with Crippen LogP contribution in [0.1, 0.15) is 21.5 Å². The lowest BCUT2D eigenvalue weighted by Gasteiger charge is -2.11. The van der Waals surface area contributed by atoms with Crippen molar-refractivity contribution < 1.29 is 9.59 Å². The van der Waals surface area contributed by atoms with Crippen molar-refractivity contribution in [3.05, 3.63) is 95.6 Å². The number of carbonyl (C=O) groups excluding carboxylic acids is 2. The Morgan fingerprint density at radius 3 is 2.29 bits per heavy atom. The maximum atomic E-state index is 12.6. The Morgan fingerprint density at radius 1 is 0.857 bits per heavy atom. The maximum Gasteiger partial charge on any atom is 0.253 e. The molecular formula is C23H22N2O2S. The summed E-state index contributed by atoms with van der Waals surface area (Å²) in [5, 5.41) is 5.75. The first-order valence-corrected chi connectivity index (χ1v) is 10.0. The molecule has 0 aliphatic heterocycles. The second-order valence-corrected chi connectivity index (χ2v) is 7.41. The average molecular weight is 391 g/mol. The molecule has 0 bridgehead atoms. The van der Waals surface area contributed by atoms with E-state index in [0.717, 1.165) is 10.5 Å². The highest BCUT2D eigenvalue weighted by Gasteiger charge is 2.13. The predicted octanol–water partition coefficient (Wildman–Crippen LogP) is 4.66. The molecule has 3 aromatic rings. The van der Waals surface area contributed by atoms with Crippen molar-refractivity contribution in [3.63, 3.8) is 0 Å². The first-order chi connectivity index (χ1) is 13.6. The minimum atomic E-state index is -0.217. The quantitative estimate of drug-likeness (QED) is 0.577. The van der Waals surface area contributed by atoms with E-state index in [-0.39, 0.29) is 17.6 Å². The first kappa shape index (κ1) is 19.7. The lowest BCUT2D eigenvalue weighted by molar-refractivity contribution is -0.113. The summed E-state index contributed by atoms with van der Waals surface area (Å²) < 4.78 is 0. The summed E-state index contributed by atoms with van der Waals surface area (Å²) in [6.45, 7) is 2.46. The molecule has 5 heteroatoms. The molecule has 3 rings (SSSR count). The fourth-order valence-corrected chi connectivity index (χ4v) is 3.33. The number of thioether (sulfide) groups is 1. The van der Waals surface area contributed by atoms with Crippen molar-refractivity contribution in [1.29, 1.82) is 0 Å². The van der Waals surface area contributed by atoms with Crippen LogP contribution in [0, 0.1) is 6.92 Å². The van der Waals surface area contributed by atoms with Crippen molar-refractivity contribution in [2.75, 3.05) is 11.1 Å². The van der Waals surface area contributed by atoms with Gasteiger partial charge in [0.2, 0.25) is 5.91 Å². The topological polar surface area (TPSA) is 58.2 Å². The number of nitrogens with one attached hydrogen (secondary N) is 2. The molecule has 0 aromatic heterocycles. The fraction of sp³-hybridized carbons (Fsp3) is 0.130. The summed E-state index contributed by atoms with van der Waals surface area (Å²) in [6, 6.07) is 24.8. The second-order valence-electron chi connectivity index (χ2n) is 6.36. The Balaban J connectivity index is 1.58. The van der Waals surface area contributed by atoms with Crippen LogP contribution in [0.25, 0.3) is 0 Å². The highest BCUT2D eigenvalue weighted by molar-refractivity contribution is 8.00. The fourth-order valence-electron chi connectivity index (χ4n) is 2.63. The van der Waals surface area contributed by atoms with Gasteiger partial charge in [0.1, 0.15) is 0 Å². The van der Waals surface area contributed by atoms with Crippen LogP contribution in [-0.2, 0) is 11.3 Å². The summed E-state index contributed by atoms with van der Waals surface area (Å²) in [4.78, 5) is 25.9. The van der Waals surface area contributed by atoms with Crippen molar-refractivity contribution in [3.8, 4) is 0 Å². The molecule has 2 N–H and O–H groups in total. The first-order valence-electron chi connectivity index (χ1n) is 9.02. The molecule has 0 saturated heterocycles. The molecule has 0 spiro atoms. The number of hydrogen-bond acceptors (Lipinski definition) is 3. The maximum absolute atomic E-state index is 12.6. The van der Waals surface area contributed by atoms with E-state index in [1.807, 2.05) is 61.5 Å². The molecule has 0 fully saturated rings. The molecule has 3 aromatic carbocycles. The van der Waals surface area contributed by atoms with Crippen molar-refractivity contribution in [2.24, 2.45) is 0 Å². The van der Waals surface area contributed by atoms with Crippen molar-refractivity contribution >= 4 is 29.3 Å². The third-order valence-electron chi connectivity index (χ3n) is 4.13. The van der Waals surface area contributed by atoms with Crippen LogP contribution in [-0.4, -0.2) is 17.6 Å². The number of aryl methyl sites for hydroxylation is 1. The summed E-state index contributed by atoms with van der Waals surface area (Å²) in [6.07, 6.45) is 0. The van der Waals surface area contributed by atoms with Crippen LogP contribution >= 0.6 is 11.8 Å². The standard InChI is InChI=1S/C23H22N2O2S/c1-17-11-13-19(14-12-17)28-16-22(26)25-21-10-6-5-9-20(21)23(27)24-15-18-7-3-2-4-8-18/h2-14H,15-16H2,1H3,(H,24,27)(H,25,26). The molecule has 2 amide bonds. The molecule has 0 aliphatic carbocycles. The van der Waals surface area contributed by atoms with Gasteiger partial charge in [0.25, 0.3) is 5.91 Å². The van der Waals surface area contributed by atoms with Crippen LogP contribution in [0.3, 0.4) is 0 Å². The zero-order valence-electron chi connectivity index (χ0n) is 15.6. The normalized spacial score (nSPS) is 10.3. The number of benzene rings is 3. The predicted molar refractivity (Wildman–Crippen MR) is 115 cm³/mol. The van der Waals surface area contributed by atoms with E-state index in [9.17, 15) is 9.59 Å². The van der Waals surface area contributed by atoms with Gasteiger partial charge in [-0.05, 0) is 36.8 Å². The van der Waals surface area contributed by atoms with Crippen molar-refractivity contribution in [2.45, 2.75) is 18.4 Å². The SMILES string of the molecule is Cc1ccc(SCC(=O)Nc2ccccc2C(=O)NCc2ccccc2)cc1. The Bertz CT molecular complexity index is 940. The molecule has 0 aliphatic rings. The van der Waals surface area contributed by atoms with Gasteiger partial charge in [0.05, 0.1) is 17.0 Å². The van der Waals surface area contributed by atoms with Gasteiger partial charge in [-0.1, -0.05) is 60.2 Å². The zero-order chi connectivity index (χ0) is 19.8. The second kappa shape index (κ2) is 9.76. The van der Waals surface area contributed by atoms with E-state index in [4.69, 9.17) is 0 Å². The van der Waals surface area contributed by atoms with Gasteiger partial charge in [-0.2, -0.15) is 0 Å². The number of rotatable bonds is 7. The van der Waals surface area contributed by atoms with Gasteiger partial charge in [-0.3, -0.25) is 9.59 Å². The number of para-hydroxylation sites is 1. The Labute approximate surface area is 169 Å². The van der Waals surface area contributed by atoms with E-state index >= 15 is 0 Å². The lowest BCUT2D eigenvalue weighted by atomic mass is 10.1. The summed E-state index contributed by atoms with van der Waals surface area (Å²) >= 11 is 1.47. The molecule has 142 valence electrons. The minimum absolute atomic E-state index is 0.145. The highest BCUT2D eigenvalue weighted by Crippen LogP contribution is 2.20. The number of amides is 2. The van der Waals surface area contributed by atoms with Gasteiger partial charge in [-0.25, -0.2) is 0 Å². The molecule has 0 heterocycles. The third-order valence-corrected chi connectivity index (χ3v) is 5.14. The van der Waals surface area contributed by atoms with E-state index < -0.39 is 0 Å². The van der Waals surface area contributed by atoms with Crippen molar-refractivity contribution in [1.82, 2.24) is 5.32 Å². The largest absolute Gasteiger partial charge is 0.348 e. The Hall–Kier alpha value is -3.05. The Morgan fingerprint density at radius 2 is 1.54 bits per heavy atom. The molecule has 0 radical (unpaired) electrons. The molecule has 0 unspecified atom stereocenters. The van der Waals surface area contributed by atoms with Gasteiger partial charge >= 0.3 is 0 Å². The van der Waals surface area contributed by atoms with Gasteiger partial charge in [0.15, 0.2) is 0 Å². The highest BCUT2D eigenvalue weighted by atomic mass is 32.2. The monoisotopic (exact) mass is 390 g/mol. The van der Waals surface area contributed by atoms with Crippen LogP contribution in [0.5, 0.6) is 0 Å². The molecule has 28 heavy (non-hydrogen) atoms. The third kappa shape index (κ3) is 5.72. The zero-order valence-corrected chi connectivity index (χ0v) is 16.5. The number of anilines is 1. The molecule has 4 nitrogen and oxygen atoms in total. The Kier molecular flexibility index (Phi) is 6.87. The number of carbonyl (C=O) groups is 2. The molecule has 0 atom stereocenters. The lowest BCUT2D eigenvalue weighted by Crippen LogP contribution is -2.25. The van der Waals surface area contributed by atoms with Gasteiger partial charge in [0, 0.05) is 11.4 Å². The summed E-state index contributed by atoms with van der Waals surface area (Å²) in [5.41, 5.74) is 3.17. The summed E-state index contributed by atoms with van der Waals surface area (Å²) in [5.74, 6) is -0.0805.